The number of aliphatic hydroxyl groups is 1. The fourth-order valence-electron chi connectivity index (χ4n) is 4.31. The van der Waals surface area contributed by atoms with Gasteiger partial charge in [0.15, 0.2) is 0 Å². The molecule has 4 heteroatoms. The van der Waals surface area contributed by atoms with Crippen molar-refractivity contribution in [3.8, 4) is 5.75 Å². The molecule has 0 bridgehead atoms. The van der Waals surface area contributed by atoms with Crippen LogP contribution in [0, 0.1) is 5.92 Å². The maximum Gasteiger partial charge on any atom is 0.130 e. The van der Waals surface area contributed by atoms with Gasteiger partial charge in [-0.05, 0) is 42.5 Å². The molecule has 4 atom stereocenters. The average Bonchev–Trinajstić information content (AvgIpc) is 2.66. The molecular weight excluding hydrogens is 356 g/mol. The molecule has 1 fully saturated rings. The Kier molecular flexibility index (Phi) is 5.23. The van der Waals surface area contributed by atoms with Crippen molar-refractivity contribution < 1.29 is 14.6 Å². The topological polar surface area (TPSA) is 38.7 Å². The van der Waals surface area contributed by atoms with Crippen LogP contribution in [0.25, 0.3) is 0 Å². The van der Waals surface area contributed by atoms with Crippen LogP contribution in [0.1, 0.15) is 50.0 Å². The first-order chi connectivity index (χ1) is 13.0. The maximum atomic E-state index is 10.1. The van der Waals surface area contributed by atoms with Gasteiger partial charge in [0, 0.05) is 10.7 Å². The molecule has 0 saturated carbocycles. The fraction of sp³-hybridized carbons (Fsp3) is 0.478. The molecule has 2 aliphatic rings. The van der Waals surface area contributed by atoms with Gasteiger partial charge in [-0.15, -0.1) is 11.8 Å². The Morgan fingerprint density at radius 1 is 1.19 bits per heavy atom. The summed E-state index contributed by atoms with van der Waals surface area (Å²) in [6.07, 6.45) is 1.62. The lowest BCUT2D eigenvalue weighted by molar-refractivity contribution is -0.0745. The van der Waals surface area contributed by atoms with Crippen molar-refractivity contribution in [1.29, 1.82) is 0 Å². The predicted molar refractivity (Wildman–Crippen MR) is 110 cm³/mol. The summed E-state index contributed by atoms with van der Waals surface area (Å²) in [5, 5.41) is 10.1. The summed E-state index contributed by atoms with van der Waals surface area (Å²) in [7, 11) is 0. The number of aliphatic hydroxyl groups excluding tert-OH is 1. The zero-order chi connectivity index (χ0) is 19.0. The van der Waals surface area contributed by atoms with E-state index in [9.17, 15) is 5.11 Å². The van der Waals surface area contributed by atoms with Crippen LogP contribution < -0.4 is 4.74 Å². The van der Waals surface area contributed by atoms with E-state index in [2.05, 4.69) is 44.2 Å². The van der Waals surface area contributed by atoms with E-state index in [1.54, 1.807) is 11.8 Å². The molecule has 1 aliphatic carbocycles. The number of hydrogen-bond acceptors (Lipinski definition) is 4. The van der Waals surface area contributed by atoms with Gasteiger partial charge in [-0.1, -0.05) is 56.3 Å². The van der Waals surface area contributed by atoms with Crippen molar-refractivity contribution in [2.24, 2.45) is 5.92 Å². The van der Waals surface area contributed by atoms with Gasteiger partial charge in [0.2, 0.25) is 0 Å². The molecule has 27 heavy (non-hydrogen) atoms. The molecule has 0 unspecified atom stereocenters. The van der Waals surface area contributed by atoms with E-state index in [0.717, 1.165) is 18.6 Å². The number of ether oxygens (including phenoxy) is 2. The summed E-state index contributed by atoms with van der Waals surface area (Å²) in [4.78, 5) is 0. The highest BCUT2D eigenvalue weighted by Crippen LogP contribution is 2.55. The third-order valence-electron chi connectivity index (χ3n) is 5.77. The fourth-order valence-corrected chi connectivity index (χ4v) is 5.69. The standard InChI is InChI=1S/C23H28O3S/c1-15(24)22-26-21-18-10-7-11-20(25-14-16-8-5-4-6-9-16)17(18)12-13-19(21)23(2,3)27-22/h4-11,15,19,21-22,24H,12-14H2,1-3H3/t15-,19+,21-,22-/m1/s1. The molecule has 0 spiro atoms. The molecule has 1 heterocycles. The Morgan fingerprint density at radius 2 is 1.96 bits per heavy atom. The van der Waals surface area contributed by atoms with Crippen LogP contribution in [0.4, 0.5) is 0 Å². The van der Waals surface area contributed by atoms with Crippen molar-refractivity contribution in [2.75, 3.05) is 0 Å². The normalized spacial score (nSPS) is 27.3. The smallest absolute Gasteiger partial charge is 0.130 e. The van der Waals surface area contributed by atoms with E-state index in [4.69, 9.17) is 9.47 Å². The number of thioether (sulfide) groups is 1. The molecule has 1 N–H and O–H groups in total. The van der Waals surface area contributed by atoms with Gasteiger partial charge in [-0.3, -0.25) is 0 Å². The van der Waals surface area contributed by atoms with Crippen LogP contribution in [0.5, 0.6) is 5.75 Å². The molecule has 2 aromatic carbocycles. The average molecular weight is 385 g/mol. The monoisotopic (exact) mass is 384 g/mol. The molecule has 0 amide bonds. The highest BCUT2D eigenvalue weighted by atomic mass is 32.2. The highest BCUT2D eigenvalue weighted by Gasteiger charge is 2.48. The number of benzene rings is 2. The minimum absolute atomic E-state index is 0.0184. The lowest BCUT2D eigenvalue weighted by atomic mass is 9.75. The quantitative estimate of drug-likeness (QED) is 0.794. The second-order valence-corrected chi connectivity index (χ2v) is 9.88. The van der Waals surface area contributed by atoms with E-state index >= 15 is 0 Å². The van der Waals surface area contributed by atoms with Gasteiger partial charge in [-0.25, -0.2) is 0 Å². The van der Waals surface area contributed by atoms with Crippen LogP contribution >= 0.6 is 11.8 Å². The molecule has 144 valence electrons. The first-order valence-corrected chi connectivity index (χ1v) is 10.6. The van der Waals surface area contributed by atoms with Crippen LogP contribution in [0.2, 0.25) is 0 Å². The van der Waals surface area contributed by atoms with Crippen LogP contribution in [-0.4, -0.2) is 21.4 Å². The van der Waals surface area contributed by atoms with Gasteiger partial charge in [0.1, 0.15) is 17.8 Å². The number of fused-ring (bicyclic) bond motifs is 3. The molecule has 0 radical (unpaired) electrons. The predicted octanol–water partition coefficient (Wildman–Crippen LogP) is 5.12. The van der Waals surface area contributed by atoms with E-state index < -0.39 is 6.10 Å². The van der Waals surface area contributed by atoms with Gasteiger partial charge >= 0.3 is 0 Å². The molecule has 4 rings (SSSR count). The zero-order valence-electron chi connectivity index (χ0n) is 16.2. The second-order valence-electron chi connectivity index (χ2n) is 8.13. The third kappa shape index (κ3) is 3.75. The van der Waals surface area contributed by atoms with Crippen molar-refractivity contribution in [3.63, 3.8) is 0 Å². The molecule has 3 nitrogen and oxygen atoms in total. The maximum absolute atomic E-state index is 10.1. The minimum atomic E-state index is -0.488. The first-order valence-electron chi connectivity index (χ1n) is 9.75. The Balaban J connectivity index is 1.61. The summed E-state index contributed by atoms with van der Waals surface area (Å²) >= 11 is 1.77. The lowest BCUT2D eigenvalue weighted by Crippen LogP contribution is -2.46. The summed E-state index contributed by atoms with van der Waals surface area (Å²) in [5.74, 6) is 1.40. The Morgan fingerprint density at radius 3 is 2.70 bits per heavy atom. The summed E-state index contributed by atoms with van der Waals surface area (Å²) in [5.41, 5.74) is 3.48. The van der Waals surface area contributed by atoms with E-state index in [0.29, 0.717) is 12.5 Å². The van der Waals surface area contributed by atoms with Crippen molar-refractivity contribution in [3.05, 3.63) is 65.2 Å². The van der Waals surface area contributed by atoms with Crippen molar-refractivity contribution in [1.82, 2.24) is 0 Å². The Hall–Kier alpha value is -1.49. The van der Waals surface area contributed by atoms with Crippen LogP contribution in [0.15, 0.2) is 48.5 Å². The summed E-state index contributed by atoms with van der Waals surface area (Å²) < 4.78 is 12.6. The second kappa shape index (κ2) is 7.50. The van der Waals surface area contributed by atoms with E-state index in [1.807, 2.05) is 25.1 Å². The third-order valence-corrected chi connectivity index (χ3v) is 7.42. The molecule has 0 aromatic heterocycles. The largest absolute Gasteiger partial charge is 0.489 e. The van der Waals surface area contributed by atoms with Crippen LogP contribution in [-0.2, 0) is 17.8 Å². The lowest BCUT2D eigenvalue weighted by Gasteiger charge is -2.50. The summed E-state index contributed by atoms with van der Waals surface area (Å²) in [6, 6.07) is 16.6. The zero-order valence-corrected chi connectivity index (χ0v) is 17.0. The highest BCUT2D eigenvalue weighted by molar-refractivity contribution is 8.01. The van der Waals surface area contributed by atoms with Gasteiger partial charge < -0.3 is 14.6 Å². The van der Waals surface area contributed by atoms with Crippen LogP contribution in [0.3, 0.4) is 0 Å². The van der Waals surface area contributed by atoms with Gasteiger partial charge in [-0.2, -0.15) is 0 Å². The van der Waals surface area contributed by atoms with Crippen molar-refractivity contribution >= 4 is 11.8 Å². The Bertz CT molecular complexity index is 787. The number of hydrogen-bond donors (Lipinski definition) is 1. The Labute approximate surface area is 166 Å². The van der Waals surface area contributed by atoms with Gasteiger partial charge in [0.25, 0.3) is 0 Å². The molecule has 1 aliphatic heterocycles. The molecular formula is C23H28O3S. The SMILES string of the molecule is C[C@@H](O)[C@@H]1O[C@@H]2c3cccc(OCc4ccccc4)c3CC[C@@H]2C(C)(C)S1. The molecule has 1 saturated heterocycles. The molecule has 2 aromatic rings. The van der Waals surface area contributed by atoms with Gasteiger partial charge in [0.05, 0.1) is 12.2 Å². The number of rotatable bonds is 4. The van der Waals surface area contributed by atoms with Crippen molar-refractivity contribution in [2.45, 2.75) is 62.6 Å². The first kappa shape index (κ1) is 18.9. The minimum Gasteiger partial charge on any atom is -0.489 e. The van der Waals surface area contributed by atoms with E-state index in [1.165, 1.54) is 16.7 Å². The summed E-state index contributed by atoms with van der Waals surface area (Å²) in [6.45, 7) is 6.96. The van der Waals surface area contributed by atoms with E-state index in [-0.39, 0.29) is 16.3 Å².